The molecule has 24 heavy (non-hydrogen) atoms. The summed E-state index contributed by atoms with van der Waals surface area (Å²) in [6.45, 7) is 8.05. The van der Waals surface area contributed by atoms with Crippen LogP contribution in [0.5, 0.6) is 0 Å². The van der Waals surface area contributed by atoms with E-state index < -0.39 is 11.6 Å². The molecule has 1 aromatic rings. The normalized spacial score (nSPS) is 15.2. The number of carbonyl (C=O) groups is 2. The summed E-state index contributed by atoms with van der Waals surface area (Å²) in [6.07, 6.45) is -0.292. The Hall–Kier alpha value is -2.44. The third-order valence-corrected chi connectivity index (χ3v) is 3.80. The van der Waals surface area contributed by atoms with Gasteiger partial charge in [-0.3, -0.25) is 0 Å². The lowest BCUT2D eigenvalue weighted by Gasteiger charge is -2.37. The molecule has 0 atom stereocenters. The summed E-state index contributed by atoms with van der Waals surface area (Å²) in [5.74, 6) is -0.958. The van der Waals surface area contributed by atoms with Crippen LogP contribution in [0, 0.1) is 0 Å². The molecule has 1 aliphatic heterocycles. The molecule has 1 aliphatic rings. The van der Waals surface area contributed by atoms with Crippen LogP contribution < -0.4 is 10.2 Å². The quantitative estimate of drug-likeness (QED) is 0.883. The molecular formula is C17H25N3O4. The van der Waals surface area contributed by atoms with E-state index in [9.17, 15) is 14.7 Å². The van der Waals surface area contributed by atoms with Gasteiger partial charge in [-0.1, -0.05) is 0 Å². The molecule has 132 valence electrons. The van der Waals surface area contributed by atoms with E-state index in [2.05, 4.69) is 10.2 Å². The molecule has 0 aliphatic carbocycles. The number of aromatic carboxylic acids is 1. The van der Waals surface area contributed by atoms with Gasteiger partial charge in [0.25, 0.3) is 0 Å². The van der Waals surface area contributed by atoms with Gasteiger partial charge in [-0.25, -0.2) is 9.59 Å². The van der Waals surface area contributed by atoms with Crippen molar-refractivity contribution < 1.29 is 19.4 Å². The van der Waals surface area contributed by atoms with Crippen LogP contribution in [0.4, 0.5) is 16.2 Å². The van der Waals surface area contributed by atoms with Gasteiger partial charge in [0.15, 0.2) is 0 Å². The number of nitrogens with zero attached hydrogens (tertiary/aromatic N) is 2. The molecule has 0 unspecified atom stereocenters. The number of benzene rings is 1. The van der Waals surface area contributed by atoms with Crippen molar-refractivity contribution in [3.63, 3.8) is 0 Å². The van der Waals surface area contributed by atoms with E-state index in [-0.39, 0.29) is 11.7 Å². The minimum absolute atomic E-state index is 0.244. The van der Waals surface area contributed by atoms with Crippen molar-refractivity contribution in [3.8, 4) is 0 Å². The maximum atomic E-state index is 12.1. The molecule has 1 aromatic carbocycles. The Morgan fingerprint density at radius 1 is 1.17 bits per heavy atom. The molecule has 7 nitrogen and oxygen atoms in total. The number of anilines is 2. The molecular weight excluding hydrogens is 310 g/mol. The average Bonchev–Trinajstić information content (AvgIpc) is 2.52. The van der Waals surface area contributed by atoms with E-state index in [1.165, 1.54) is 0 Å². The third kappa shape index (κ3) is 4.31. The molecule has 2 N–H and O–H groups in total. The summed E-state index contributed by atoms with van der Waals surface area (Å²) in [7, 11) is 1.70. The predicted molar refractivity (Wildman–Crippen MR) is 93.0 cm³/mol. The highest BCUT2D eigenvalue weighted by molar-refractivity contribution is 5.95. The van der Waals surface area contributed by atoms with Gasteiger partial charge in [-0.15, -0.1) is 0 Å². The summed E-state index contributed by atoms with van der Waals surface area (Å²) in [5, 5.41) is 12.1. The van der Waals surface area contributed by atoms with Crippen LogP contribution in [0.3, 0.4) is 0 Å². The molecule has 0 aromatic heterocycles. The number of hydrogen-bond donors (Lipinski definition) is 2. The lowest BCUT2D eigenvalue weighted by molar-refractivity contribution is 0.0240. The molecule has 0 spiro atoms. The molecule has 2 rings (SSSR count). The van der Waals surface area contributed by atoms with Crippen molar-refractivity contribution in [3.05, 3.63) is 23.8 Å². The number of carboxylic acids is 1. The SMILES string of the molecule is CNc1cc(N2CCN(C(=O)OC(C)(C)C)CC2)ccc1C(=O)O. The van der Waals surface area contributed by atoms with Crippen molar-refractivity contribution in [2.75, 3.05) is 43.4 Å². The zero-order chi connectivity index (χ0) is 17.9. The van der Waals surface area contributed by atoms with Crippen molar-refractivity contribution in [2.45, 2.75) is 26.4 Å². The summed E-state index contributed by atoms with van der Waals surface area (Å²) < 4.78 is 5.39. The average molecular weight is 335 g/mol. The Morgan fingerprint density at radius 2 is 1.79 bits per heavy atom. The number of rotatable bonds is 3. The number of carboxylic acid groups (broad SMARTS) is 1. The van der Waals surface area contributed by atoms with E-state index in [0.29, 0.717) is 31.9 Å². The Bertz CT molecular complexity index is 617. The van der Waals surface area contributed by atoms with E-state index in [0.717, 1.165) is 5.69 Å². The smallest absolute Gasteiger partial charge is 0.410 e. The topological polar surface area (TPSA) is 82.1 Å². The van der Waals surface area contributed by atoms with Crippen molar-refractivity contribution >= 4 is 23.4 Å². The lowest BCUT2D eigenvalue weighted by Crippen LogP contribution is -2.50. The van der Waals surface area contributed by atoms with Gasteiger partial charge in [0.1, 0.15) is 5.60 Å². The Balaban J connectivity index is 2.02. The van der Waals surface area contributed by atoms with Gasteiger partial charge in [0.2, 0.25) is 0 Å². The first-order chi connectivity index (χ1) is 11.2. The minimum Gasteiger partial charge on any atom is -0.478 e. The summed E-state index contributed by atoms with van der Waals surface area (Å²) >= 11 is 0. The first kappa shape index (κ1) is 17.9. The molecule has 1 saturated heterocycles. The molecule has 1 heterocycles. The van der Waals surface area contributed by atoms with Crippen molar-refractivity contribution in [1.29, 1.82) is 0 Å². The van der Waals surface area contributed by atoms with Crippen molar-refractivity contribution in [1.82, 2.24) is 4.90 Å². The van der Waals surface area contributed by atoms with Gasteiger partial charge in [0.05, 0.1) is 11.3 Å². The van der Waals surface area contributed by atoms with Crippen LogP contribution >= 0.6 is 0 Å². The minimum atomic E-state index is -0.958. The first-order valence-corrected chi connectivity index (χ1v) is 7.99. The third-order valence-electron chi connectivity index (χ3n) is 3.80. The van der Waals surface area contributed by atoms with E-state index in [1.807, 2.05) is 26.8 Å². The van der Waals surface area contributed by atoms with Gasteiger partial charge in [-0.05, 0) is 39.0 Å². The number of carbonyl (C=O) groups excluding carboxylic acids is 1. The second-order valence-electron chi connectivity index (χ2n) is 6.74. The molecule has 0 saturated carbocycles. The second-order valence-corrected chi connectivity index (χ2v) is 6.74. The number of hydrogen-bond acceptors (Lipinski definition) is 5. The van der Waals surface area contributed by atoms with E-state index in [1.54, 1.807) is 24.1 Å². The molecule has 0 bridgehead atoms. The summed E-state index contributed by atoms with van der Waals surface area (Å²) in [4.78, 5) is 27.1. The summed E-state index contributed by atoms with van der Waals surface area (Å²) in [5.41, 5.74) is 1.26. The maximum absolute atomic E-state index is 12.1. The standard InChI is InChI=1S/C17H25N3O4/c1-17(2,3)24-16(23)20-9-7-19(8-10-20)12-5-6-13(15(21)22)14(11-12)18-4/h5-6,11,18H,7-10H2,1-4H3,(H,21,22). The van der Waals surface area contributed by atoms with Crippen LogP contribution in [0.1, 0.15) is 31.1 Å². The Labute approximate surface area is 142 Å². The molecule has 0 radical (unpaired) electrons. The fourth-order valence-electron chi connectivity index (χ4n) is 2.60. The van der Waals surface area contributed by atoms with E-state index >= 15 is 0 Å². The van der Waals surface area contributed by atoms with E-state index in [4.69, 9.17) is 4.74 Å². The van der Waals surface area contributed by atoms with Gasteiger partial charge in [-0.2, -0.15) is 0 Å². The fraction of sp³-hybridized carbons (Fsp3) is 0.529. The zero-order valence-electron chi connectivity index (χ0n) is 14.6. The molecule has 1 amide bonds. The maximum Gasteiger partial charge on any atom is 0.410 e. The Morgan fingerprint density at radius 3 is 2.29 bits per heavy atom. The number of piperazine rings is 1. The largest absolute Gasteiger partial charge is 0.478 e. The fourth-order valence-corrected chi connectivity index (χ4v) is 2.60. The molecule has 1 fully saturated rings. The number of amides is 1. The van der Waals surface area contributed by atoms with Crippen LogP contribution in [-0.4, -0.2) is 60.9 Å². The highest BCUT2D eigenvalue weighted by Crippen LogP contribution is 2.25. The van der Waals surface area contributed by atoms with Crippen LogP contribution in [0.25, 0.3) is 0 Å². The predicted octanol–water partition coefficient (Wildman–Crippen LogP) is 2.48. The van der Waals surface area contributed by atoms with Crippen LogP contribution in [0.2, 0.25) is 0 Å². The van der Waals surface area contributed by atoms with Gasteiger partial charge >= 0.3 is 12.1 Å². The number of nitrogens with one attached hydrogen (secondary N) is 1. The Kier molecular flexibility index (Phi) is 5.21. The monoisotopic (exact) mass is 335 g/mol. The molecule has 7 heteroatoms. The lowest BCUT2D eigenvalue weighted by atomic mass is 10.1. The summed E-state index contributed by atoms with van der Waals surface area (Å²) in [6, 6.07) is 5.23. The zero-order valence-corrected chi connectivity index (χ0v) is 14.6. The second kappa shape index (κ2) is 6.98. The van der Waals surface area contributed by atoms with Crippen LogP contribution in [-0.2, 0) is 4.74 Å². The first-order valence-electron chi connectivity index (χ1n) is 7.99. The highest BCUT2D eigenvalue weighted by atomic mass is 16.6. The van der Waals surface area contributed by atoms with Gasteiger partial charge in [0, 0.05) is 38.9 Å². The van der Waals surface area contributed by atoms with Crippen molar-refractivity contribution in [2.24, 2.45) is 0 Å². The highest BCUT2D eigenvalue weighted by Gasteiger charge is 2.26. The van der Waals surface area contributed by atoms with Crippen LogP contribution in [0.15, 0.2) is 18.2 Å². The number of ether oxygens (including phenoxy) is 1. The van der Waals surface area contributed by atoms with Gasteiger partial charge < -0.3 is 25.0 Å².